The molecule has 2 N–H and O–H groups in total. The largest absolute Gasteiger partial charge is 0.299 e. The Balaban J connectivity index is 1.37. The summed E-state index contributed by atoms with van der Waals surface area (Å²) in [7, 11) is 0. The number of imide groups is 2. The molecule has 0 aliphatic carbocycles. The second-order valence-corrected chi connectivity index (χ2v) is 7.19. The molecule has 3 aromatic rings. The lowest BCUT2D eigenvalue weighted by atomic mass is 10.2. The molecule has 0 spiro atoms. The Bertz CT molecular complexity index is 1340. The maximum atomic E-state index is 12.7. The number of carbonyl (C=O) groups is 5. The first-order chi connectivity index (χ1) is 15.8. The number of hydrogen-bond acceptors (Lipinski definition) is 9. The van der Waals surface area contributed by atoms with Crippen LogP contribution in [0.15, 0.2) is 48.8 Å². The van der Waals surface area contributed by atoms with E-state index in [1.54, 1.807) is 0 Å². The molecule has 0 fully saturated rings. The highest BCUT2D eigenvalue weighted by Crippen LogP contribution is 2.23. The van der Waals surface area contributed by atoms with Crippen LogP contribution in [-0.4, -0.2) is 54.5 Å². The number of anilines is 1. The van der Waals surface area contributed by atoms with Crippen molar-refractivity contribution in [3.63, 3.8) is 0 Å². The maximum absolute atomic E-state index is 12.7. The predicted molar refractivity (Wildman–Crippen MR) is 110 cm³/mol. The summed E-state index contributed by atoms with van der Waals surface area (Å²) < 4.78 is 0. The molecule has 162 valence electrons. The molecular formula is C20H10ClN7O5. The van der Waals surface area contributed by atoms with Crippen LogP contribution in [0.2, 0.25) is 5.15 Å². The van der Waals surface area contributed by atoms with Crippen LogP contribution in [0.3, 0.4) is 0 Å². The second kappa shape index (κ2) is 7.46. The molecule has 0 atom stereocenters. The zero-order valence-corrected chi connectivity index (χ0v) is 17.0. The zero-order chi connectivity index (χ0) is 23.3. The van der Waals surface area contributed by atoms with Crippen LogP contribution in [0.5, 0.6) is 0 Å². The van der Waals surface area contributed by atoms with E-state index in [4.69, 9.17) is 11.6 Å². The number of carbonyl (C=O) groups excluding carboxylic acids is 5. The van der Waals surface area contributed by atoms with Gasteiger partial charge < -0.3 is 0 Å². The van der Waals surface area contributed by atoms with Crippen molar-refractivity contribution in [1.82, 2.24) is 30.4 Å². The normalized spacial score (nSPS) is 14.5. The standard InChI is InChI=1S/C20H10ClN7O5/c21-12-7-9(16(29)26-28-18(31)11-4-2-6-23-15(11)20(28)33)8-13(24-12)25-27-17(30)10-3-1-5-22-14(10)19(27)32/h1-8H,(H,24,25)(H,26,29). The molecule has 0 saturated carbocycles. The fourth-order valence-electron chi connectivity index (χ4n) is 3.30. The van der Waals surface area contributed by atoms with E-state index in [1.807, 2.05) is 0 Å². The van der Waals surface area contributed by atoms with Crippen molar-refractivity contribution in [2.75, 3.05) is 5.43 Å². The zero-order valence-electron chi connectivity index (χ0n) is 16.3. The van der Waals surface area contributed by atoms with Crippen molar-refractivity contribution in [3.05, 3.63) is 82.0 Å². The number of hydrazine groups is 2. The van der Waals surface area contributed by atoms with Crippen molar-refractivity contribution in [1.29, 1.82) is 0 Å². The number of nitrogens with one attached hydrogen (secondary N) is 2. The summed E-state index contributed by atoms with van der Waals surface area (Å²) in [5.74, 6) is -3.86. The van der Waals surface area contributed by atoms with Gasteiger partial charge in [0.05, 0.1) is 11.1 Å². The van der Waals surface area contributed by atoms with Gasteiger partial charge in [-0.05, 0) is 36.4 Å². The van der Waals surface area contributed by atoms with Crippen LogP contribution in [0.1, 0.15) is 52.1 Å². The van der Waals surface area contributed by atoms with Crippen molar-refractivity contribution < 1.29 is 24.0 Å². The van der Waals surface area contributed by atoms with E-state index in [0.717, 1.165) is 0 Å². The molecule has 13 heteroatoms. The Morgan fingerprint density at radius 2 is 1.39 bits per heavy atom. The summed E-state index contributed by atoms with van der Waals surface area (Å²) >= 11 is 6.00. The molecule has 33 heavy (non-hydrogen) atoms. The number of halogens is 1. The monoisotopic (exact) mass is 463 g/mol. The van der Waals surface area contributed by atoms with Gasteiger partial charge in [0.25, 0.3) is 29.5 Å². The Labute approximate surface area is 189 Å². The van der Waals surface area contributed by atoms with Gasteiger partial charge in [-0.1, -0.05) is 11.6 Å². The lowest BCUT2D eigenvalue weighted by Crippen LogP contribution is -2.46. The smallest absolute Gasteiger partial charge is 0.271 e. The molecule has 0 radical (unpaired) electrons. The van der Waals surface area contributed by atoms with Gasteiger partial charge in [-0.2, -0.15) is 10.0 Å². The first-order valence-electron chi connectivity index (χ1n) is 9.28. The fourth-order valence-corrected chi connectivity index (χ4v) is 3.51. The van der Waals surface area contributed by atoms with E-state index in [2.05, 4.69) is 25.8 Å². The summed E-state index contributed by atoms with van der Waals surface area (Å²) in [5.41, 5.74) is 4.65. The topological polar surface area (TPSA) is 155 Å². The van der Waals surface area contributed by atoms with Gasteiger partial charge in [-0.25, -0.2) is 4.98 Å². The molecule has 2 aliphatic heterocycles. The molecule has 5 amide bonds. The van der Waals surface area contributed by atoms with E-state index in [1.165, 1.54) is 48.8 Å². The first kappa shape index (κ1) is 20.2. The number of amides is 5. The van der Waals surface area contributed by atoms with Crippen molar-refractivity contribution in [2.45, 2.75) is 0 Å². The van der Waals surface area contributed by atoms with Crippen molar-refractivity contribution >= 4 is 47.0 Å². The summed E-state index contributed by atoms with van der Waals surface area (Å²) in [4.78, 5) is 74.3. The van der Waals surface area contributed by atoms with Gasteiger partial charge >= 0.3 is 0 Å². The van der Waals surface area contributed by atoms with Crippen LogP contribution in [0.25, 0.3) is 0 Å². The molecule has 5 rings (SSSR count). The SMILES string of the molecule is O=C(NN1C(=O)c2cccnc2C1=O)c1cc(Cl)nc(NN2C(=O)c3cccnc3C2=O)c1. The lowest BCUT2D eigenvalue weighted by Gasteiger charge is -2.17. The molecule has 12 nitrogen and oxygen atoms in total. The molecule has 0 unspecified atom stereocenters. The van der Waals surface area contributed by atoms with Crippen LogP contribution in [0, 0.1) is 0 Å². The third-order valence-corrected chi connectivity index (χ3v) is 4.98. The number of rotatable bonds is 4. The summed E-state index contributed by atoms with van der Waals surface area (Å²) in [6.45, 7) is 0. The highest BCUT2D eigenvalue weighted by atomic mass is 35.5. The lowest BCUT2D eigenvalue weighted by molar-refractivity contribution is 0.0516. The third-order valence-electron chi connectivity index (χ3n) is 4.79. The minimum atomic E-state index is -0.860. The summed E-state index contributed by atoms with van der Waals surface area (Å²) in [6, 6.07) is 8.24. The highest BCUT2D eigenvalue weighted by molar-refractivity contribution is 6.30. The van der Waals surface area contributed by atoms with E-state index in [9.17, 15) is 24.0 Å². The fraction of sp³-hybridized carbons (Fsp3) is 0. The Hall–Kier alpha value is -4.71. The van der Waals surface area contributed by atoms with E-state index in [-0.39, 0.29) is 39.0 Å². The number of hydrogen-bond donors (Lipinski definition) is 2. The Morgan fingerprint density at radius 3 is 2.00 bits per heavy atom. The van der Waals surface area contributed by atoms with E-state index >= 15 is 0 Å². The number of nitrogens with zero attached hydrogens (tertiary/aromatic N) is 5. The van der Waals surface area contributed by atoms with Crippen molar-refractivity contribution in [3.8, 4) is 0 Å². The van der Waals surface area contributed by atoms with E-state index in [0.29, 0.717) is 10.0 Å². The number of fused-ring (bicyclic) bond motifs is 2. The van der Waals surface area contributed by atoms with Gasteiger partial charge in [0, 0.05) is 18.0 Å². The van der Waals surface area contributed by atoms with Gasteiger partial charge in [0.2, 0.25) is 0 Å². The minimum Gasteiger partial charge on any atom is -0.271 e. The Morgan fingerprint density at radius 1 is 0.818 bits per heavy atom. The number of aromatic nitrogens is 3. The quantitative estimate of drug-likeness (QED) is 0.427. The number of pyridine rings is 3. The second-order valence-electron chi connectivity index (χ2n) is 6.81. The molecule has 0 bridgehead atoms. The molecule has 0 saturated heterocycles. The van der Waals surface area contributed by atoms with Crippen LogP contribution in [0.4, 0.5) is 5.82 Å². The minimum absolute atomic E-state index is 0.0331. The third kappa shape index (κ3) is 3.25. The average molecular weight is 464 g/mol. The van der Waals surface area contributed by atoms with Crippen molar-refractivity contribution in [2.24, 2.45) is 0 Å². The predicted octanol–water partition coefficient (Wildman–Crippen LogP) is 1.09. The average Bonchev–Trinajstić information content (AvgIpc) is 3.20. The van der Waals surface area contributed by atoms with Crippen LogP contribution < -0.4 is 10.9 Å². The van der Waals surface area contributed by atoms with Gasteiger partial charge in [-0.3, -0.25) is 44.8 Å². The van der Waals surface area contributed by atoms with Gasteiger partial charge in [0.15, 0.2) is 0 Å². The van der Waals surface area contributed by atoms with Crippen LogP contribution in [-0.2, 0) is 0 Å². The first-order valence-corrected chi connectivity index (χ1v) is 9.66. The van der Waals surface area contributed by atoms with Crippen LogP contribution >= 0.6 is 11.6 Å². The molecule has 2 aliphatic rings. The molecule has 0 aromatic carbocycles. The molecular weight excluding hydrogens is 454 g/mol. The summed E-state index contributed by atoms with van der Waals surface area (Å²) in [5, 5.41) is 1.08. The molecule has 3 aromatic heterocycles. The maximum Gasteiger partial charge on any atom is 0.299 e. The van der Waals surface area contributed by atoms with Gasteiger partial charge in [-0.15, -0.1) is 0 Å². The molecule has 5 heterocycles. The van der Waals surface area contributed by atoms with Gasteiger partial charge in [0.1, 0.15) is 22.4 Å². The van der Waals surface area contributed by atoms with E-state index < -0.39 is 29.5 Å². The summed E-state index contributed by atoms with van der Waals surface area (Å²) in [6.07, 6.45) is 2.73. The highest BCUT2D eigenvalue weighted by Gasteiger charge is 2.39. The Kier molecular flexibility index (Phi) is 4.57.